The number of nitrogens with one attached hydrogen (secondary N) is 1. The third-order valence-corrected chi connectivity index (χ3v) is 3.46. The number of nitro benzene ring substituents is 1. The molecule has 0 radical (unpaired) electrons. The number of nitrogens with zero attached hydrogens (tertiary/aromatic N) is 2. The number of carbonyl (C=O) groups is 1. The Morgan fingerprint density at radius 3 is 2.68 bits per heavy atom. The molecule has 1 amide bonds. The van der Waals surface area contributed by atoms with E-state index < -0.39 is 23.0 Å². The summed E-state index contributed by atoms with van der Waals surface area (Å²) in [4.78, 5) is 22.3. The van der Waals surface area contributed by atoms with Crippen LogP contribution in [0.25, 0.3) is 0 Å². The van der Waals surface area contributed by atoms with E-state index in [9.17, 15) is 14.9 Å². The number of hydrogen-bond acceptors (Lipinski definition) is 5. The highest BCUT2D eigenvalue weighted by atomic mass is 16.6. The molecule has 1 unspecified atom stereocenters. The Morgan fingerprint density at radius 2 is 2.18 bits per heavy atom. The lowest BCUT2D eigenvalue weighted by molar-refractivity contribution is -0.385. The lowest BCUT2D eigenvalue weighted by Crippen LogP contribution is -2.50. The molecule has 0 heterocycles. The van der Waals surface area contributed by atoms with E-state index >= 15 is 0 Å². The fraction of sp³-hybridized carbons (Fsp3) is 0.467. The molecule has 0 aliphatic rings. The number of carbonyl (C=O) groups excluding carboxylic acids is 1. The minimum atomic E-state index is -1.01. The van der Waals surface area contributed by atoms with E-state index in [1.165, 1.54) is 12.1 Å². The van der Waals surface area contributed by atoms with Crippen molar-refractivity contribution in [1.29, 1.82) is 5.26 Å². The van der Waals surface area contributed by atoms with E-state index in [0.29, 0.717) is 0 Å². The maximum Gasteiger partial charge on any atom is 0.311 e. The van der Waals surface area contributed by atoms with Gasteiger partial charge in [0, 0.05) is 6.07 Å². The van der Waals surface area contributed by atoms with Crippen LogP contribution in [0.15, 0.2) is 18.2 Å². The summed E-state index contributed by atoms with van der Waals surface area (Å²) in [7, 11) is 0. The van der Waals surface area contributed by atoms with Gasteiger partial charge in [-0.3, -0.25) is 14.9 Å². The van der Waals surface area contributed by atoms with Crippen molar-refractivity contribution in [2.45, 2.75) is 33.2 Å². The van der Waals surface area contributed by atoms with Crippen LogP contribution in [-0.4, -0.2) is 23.0 Å². The van der Waals surface area contributed by atoms with E-state index in [-0.39, 0.29) is 17.4 Å². The number of ether oxygens (including phenoxy) is 1. The third kappa shape index (κ3) is 4.19. The number of nitro groups is 1. The molecule has 0 aliphatic heterocycles. The number of hydrogen-bond donors (Lipinski definition) is 1. The van der Waals surface area contributed by atoms with Crippen molar-refractivity contribution in [3.05, 3.63) is 33.9 Å². The molecule has 1 N–H and O–H groups in total. The molecule has 0 spiro atoms. The molecule has 1 aromatic rings. The first-order valence-electron chi connectivity index (χ1n) is 6.79. The second-order valence-corrected chi connectivity index (χ2v) is 5.53. The molecule has 0 aromatic heterocycles. The van der Waals surface area contributed by atoms with Crippen LogP contribution < -0.4 is 10.1 Å². The molecule has 7 nitrogen and oxygen atoms in total. The third-order valence-electron chi connectivity index (χ3n) is 3.46. The van der Waals surface area contributed by atoms with Gasteiger partial charge >= 0.3 is 5.69 Å². The fourth-order valence-corrected chi connectivity index (χ4v) is 1.66. The summed E-state index contributed by atoms with van der Waals surface area (Å²) in [5, 5.41) is 22.7. The summed E-state index contributed by atoms with van der Waals surface area (Å²) in [6.07, 6.45) is 0. The van der Waals surface area contributed by atoms with Crippen molar-refractivity contribution in [3.8, 4) is 11.8 Å². The first kappa shape index (κ1) is 17.4. The molecule has 1 rings (SSSR count). The van der Waals surface area contributed by atoms with Crippen LogP contribution in [0.2, 0.25) is 0 Å². The Hall–Kier alpha value is -2.62. The van der Waals surface area contributed by atoms with Gasteiger partial charge in [-0.05, 0) is 31.4 Å². The Labute approximate surface area is 129 Å². The molecule has 0 saturated carbocycles. The van der Waals surface area contributed by atoms with Gasteiger partial charge in [0.05, 0.1) is 11.0 Å². The summed E-state index contributed by atoms with van der Waals surface area (Å²) in [6, 6.07) is 6.54. The van der Waals surface area contributed by atoms with Crippen molar-refractivity contribution in [2.75, 3.05) is 6.61 Å². The molecule has 22 heavy (non-hydrogen) atoms. The molecular weight excluding hydrogens is 286 g/mol. The second-order valence-electron chi connectivity index (χ2n) is 5.53. The van der Waals surface area contributed by atoms with Crippen molar-refractivity contribution >= 4 is 11.6 Å². The smallest absolute Gasteiger partial charge is 0.311 e. The van der Waals surface area contributed by atoms with E-state index in [1.54, 1.807) is 19.9 Å². The summed E-state index contributed by atoms with van der Waals surface area (Å²) in [5.41, 5.74) is -0.486. The van der Waals surface area contributed by atoms with Crippen molar-refractivity contribution < 1.29 is 14.5 Å². The minimum Gasteiger partial charge on any atom is -0.477 e. The van der Waals surface area contributed by atoms with Crippen LogP contribution in [0, 0.1) is 34.3 Å². The SMILES string of the molecule is Cc1ccc(OCC(=O)NC(C)(C#N)C(C)C)c([N+](=O)[O-])c1. The van der Waals surface area contributed by atoms with Gasteiger partial charge < -0.3 is 10.1 Å². The highest BCUT2D eigenvalue weighted by Gasteiger charge is 2.30. The summed E-state index contributed by atoms with van der Waals surface area (Å²) < 4.78 is 5.22. The maximum atomic E-state index is 11.9. The number of nitriles is 1. The molecule has 1 aromatic carbocycles. The molecule has 0 aliphatic carbocycles. The summed E-state index contributed by atoms with van der Waals surface area (Å²) in [6.45, 7) is 6.58. The number of amides is 1. The summed E-state index contributed by atoms with van der Waals surface area (Å²) >= 11 is 0. The predicted octanol–water partition coefficient (Wildman–Crippen LogP) is 2.34. The van der Waals surface area contributed by atoms with Gasteiger partial charge in [-0.1, -0.05) is 19.9 Å². The monoisotopic (exact) mass is 305 g/mol. The molecule has 0 fully saturated rings. The molecule has 0 bridgehead atoms. The van der Waals surface area contributed by atoms with E-state index in [2.05, 4.69) is 5.32 Å². The first-order valence-corrected chi connectivity index (χ1v) is 6.79. The average molecular weight is 305 g/mol. The van der Waals surface area contributed by atoms with Gasteiger partial charge in [-0.15, -0.1) is 0 Å². The second kappa shape index (κ2) is 6.89. The quantitative estimate of drug-likeness (QED) is 0.641. The molecule has 1 atom stereocenters. The fourth-order valence-electron chi connectivity index (χ4n) is 1.66. The number of rotatable bonds is 6. The number of aryl methyl sites for hydroxylation is 1. The highest BCUT2D eigenvalue weighted by Crippen LogP contribution is 2.27. The Balaban J connectivity index is 2.77. The normalized spacial score (nSPS) is 13.1. The van der Waals surface area contributed by atoms with Crippen LogP contribution in [0.4, 0.5) is 5.69 Å². The average Bonchev–Trinajstić information content (AvgIpc) is 2.45. The first-order chi connectivity index (χ1) is 10.2. The van der Waals surface area contributed by atoms with Crippen molar-refractivity contribution in [3.63, 3.8) is 0 Å². The van der Waals surface area contributed by atoms with E-state index in [1.807, 2.05) is 19.9 Å². The maximum absolute atomic E-state index is 11.9. The largest absolute Gasteiger partial charge is 0.477 e. The zero-order valence-corrected chi connectivity index (χ0v) is 13.0. The zero-order valence-electron chi connectivity index (χ0n) is 13.0. The van der Waals surface area contributed by atoms with E-state index in [0.717, 1.165) is 5.56 Å². The van der Waals surface area contributed by atoms with Gasteiger partial charge in [0.25, 0.3) is 5.91 Å². The van der Waals surface area contributed by atoms with Gasteiger partial charge in [0.1, 0.15) is 5.54 Å². The molecule has 118 valence electrons. The molecular formula is C15H19N3O4. The van der Waals surface area contributed by atoms with Gasteiger partial charge in [-0.2, -0.15) is 5.26 Å². The van der Waals surface area contributed by atoms with Crippen LogP contribution >= 0.6 is 0 Å². The van der Waals surface area contributed by atoms with Crippen molar-refractivity contribution in [1.82, 2.24) is 5.32 Å². The van der Waals surface area contributed by atoms with Crippen LogP contribution in [0.5, 0.6) is 5.75 Å². The predicted molar refractivity (Wildman–Crippen MR) is 80.3 cm³/mol. The molecule has 7 heteroatoms. The Morgan fingerprint density at radius 1 is 1.55 bits per heavy atom. The lowest BCUT2D eigenvalue weighted by Gasteiger charge is -2.27. The Bertz CT molecular complexity index is 622. The van der Waals surface area contributed by atoms with Gasteiger partial charge in [-0.25, -0.2) is 0 Å². The molecule has 0 saturated heterocycles. The number of benzene rings is 1. The standard InChI is InChI=1S/C15H19N3O4/c1-10(2)15(4,9-16)17-14(19)8-22-13-6-5-11(3)7-12(13)18(20)21/h5-7,10H,8H2,1-4H3,(H,17,19). The summed E-state index contributed by atoms with van der Waals surface area (Å²) in [5.74, 6) is -0.572. The Kier molecular flexibility index (Phi) is 5.46. The van der Waals surface area contributed by atoms with Crippen LogP contribution in [-0.2, 0) is 4.79 Å². The topological polar surface area (TPSA) is 105 Å². The lowest BCUT2D eigenvalue weighted by atomic mass is 9.90. The van der Waals surface area contributed by atoms with Crippen LogP contribution in [0.3, 0.4) is 0 Å². The zero-order chi connectivity index (χ0) is 16.9. The van der Waals surface area contributed by atoms with Gasteiger partial charge in [0.15, 0.2) is 12.4 Å². The highest BCUT2D eigenvalue weighted by molar-refractivity contribution is 5.79. The minimum absolute atomic E-state index is 0.0222. The van der Waals surface area contributed by atoms with Crippen LogP contribution in [0.1, 0.15) is 26.3 Å². The van der Waals surface area contributed by atoms with Gasteiger partial charge in [0.2, 0.25) is 0 Å². The van der Waals surface area contributed by atoms with E-state index in [4.69, 9.17) is 10.00 Å². The van der Waals surface area contributed by atoms with Crippen molar-refractivity contribution in [2.24, 2.45) is 5.92 Å².